The number of piperazine rings is 1. The van der Waals surface area contributed by atoms with Gasteiger partial charge < -0.3 is 20.3 Å². The average molecular weight is 499 g/mol. The number of methoxy groups -OCH3 is 1. The van der Waals surface area contributed by atoms with Gasteiger partial charge in [-0.1, -0.05) is 0 Å². The fourth-order valence-electron chi connectivity index (χ4n) is 4.29. The van der Waals surface area contributed by atoms with Crippen molar-refractivity contribution in [3.63, 3.8) is 0 Å². The maximum atomic E-state index is 14.7. The molecule has 2 N–H and O–H groups in total. The quantitative estimate of drug-likeness (QED) is 0.518. The van der Waals surface area contributed by atoms with Crippen molar-refractivity contribution in [3.8, 4) is 5.75 Å². The second-order valence-corrected chi connectivity index (χ2v) is 9.18. The van der Waals surface area contributed by atoms with Crippen LogP contribution in [-0.4, -0.2) is 98.1 Å². The normalized spacial score (nSPS) is 20.4. The van der Waals surface area contributed by atoms with Crippen LogP contribution < -0.4 is 15.4 Å². The first-order chi connectivity index (χ1) is 17.4. The molecule has 1 aromatic carbocycles. The number of aromatic nitrogens is 2. The van der Waals surface area contributed by atoms with Gasteiger partial charge in [0.2, 0.25) is 6.29 Å². The Labute approximate surface area is 211 Å². The van der Waals surface area contributed by atoms with Crippen LogP contribution in [0, 0.1) is 11.7 Å². The number of hydrogen-bond donors (Lipinski definition) is 2. The van der Waals surface area contributed by atoms with Crippen LogP contribution in [0.5, 0.6) is 5.75 Å². The number of carbonyl (C=O) groups excluding carboxylic acids is 1. The molecule has 0 bridgehead atoms. The largest absolute Gasteiger partial charge is 0.494 e. The molecule has 1 fully saturated rings. The molecule has 36 heavy (non-hydrogen) atoms. The van der Waals surface area contributed by atoms with Crippen molar-refractivity contribution in [1.82, 2.24) is 24.9 Å². The second-order valence-electron chi connectivity index (χ2n) is 9.18. The van der Waals surface area contributed by atoms with Gasteiger partial charge in [0.25, 0.3) is 5.91 Å². The first-order valence-electron chi connectivity index (χ1n) is 12.3. The molecule has 1 aromatic heterocycles. The van der Waals surface area contributed by atoms with Crippen LogP contribution in [-0.2, 0) is 13.0 Å². The minimum absolute atomic E-state index is 0.0246. The summed E-state index contributed by atoms with van der Waals surface area (Å²) in [7, 11) is 5.09. The third-order valence-electron chi connectivity index (χ3n) is 6.58. The van der Waals surface area contributed by atoms with E-state index in [1.54, 1.807) is 12.3 Å². The molecule has 0 aliphatic carbocycles. The van der Waals surface area contributed by atoms with Gasteiger partial charge in [0.15, 0.2) is 11.6 Å². The monoisotopic (exact) mass is 498 g/mol. The first-order valence-corrected chi connectivity index (χ1v) is 12.3. The molecule has 0 saturated carbocycles. The van der Waals surface area contributed by atoms with Gasteiger partial charge in [-0.2, -0.15) is 5.10 Å². The van der Waals surface area contributed by atoms with Gasteiger partial charge in [-0.15, -0.1) is 0 Å². The smallest absolute Gasteiger partial charge is 0.251 e. The Balaban J connectivity index is 1.25. The summed E-state index contributed by atoms with van der Waals surface area (Å²) in [5, 5.41) is 10.3. The Bertz CT molecular complexity index is 1080. The Morgan fingerprint density at radius 1 is 1.17 bits per heavy atom. The van der Waals surface area contributed by atoms with E-state index < -0.39 is 12.1 Å². The van der Waals surface area contributed by atoms with Crippen LogP contribution in [0.3, 0.4) is 0 Å². The summed E-state index contributed by atoms with van der Waals surface area (Å²) in [6.07, 6.45) is 8.06. The van der Waals surface area contributed by atoms with E-state index in [9.17, 15) is 9.18 Å². The van der Waals surface area contributed by atoms with Crippen LogP contribution in [0.15, 0.2) is 34.5 Å². The lowest BCUT2D eigenvalue weighted by Gasteiger charge is -2.32. The van der Waals surface area contributed by atoms with E-state index in [0.29, 0.717) is 24.0 Å². The third kappa shape index (κ3) is 6.67. The molecular weight excluding hydrogens is 463 g/mol. The van der Waals surface area contributed by atoms with Crippen LogP contribution in [0.1, 0.15) is 22.3 Å². The number of likely N-dealkylation sites (N-methyl/N-ethyl adjacent to an activating group) is 1. The highest BCUT2D eigenvalue weighted by Gasteiger charge is 2.18. The Hall–Kier alpha value is -3.31. The van der Waals surface area contributed by atoms with Gasteiger partial charge in [0.05, 0.1) is 25.5 Å². The summed E-state index contributed by atoms with van der Waals surface area (Å²) in [4.78, 5) is 25.8. The second kappa shape index (κ2) is 12.1. The van der Waals surface area contributed by atoms with Crippen molar-refractivity contribution in [2.75, 3.05) is 59.2 Å². The zero-order valence-electron chi connectivity index (χ0n) is 21.2. The highest BCUT2D eigenvalue weighted by atomic mass is 19.1. The fourth-order valence-corrected chi connectivity index (χ4v) is 4.29. The van der Waals surface area contributed by atoms with E-state index in [1.165, 1.54) is 20.2 Å². The van der Waals surface area contributed by atoms with Crippen LogP contribution in [0.2, 0.25) is 0 Å². The van der Waals surface area contributed by atoms with Gasteiger partial charge in [-0.05, 0) is 37.6 Å². The molecule has 194 valence electrons. The molecule has 0 atom stereocenters. The number of hydrogen-bond acceptors (Lipinski definition) is 8. The lowest BCUT2D eigenvalue weighted by molar-refractivity contribution is 0.0962. The third-order valence-corrected chi connectivity index (χ3v) is 6.58. The summed E-state index contributed by atoms with van der Waals surface area (Å²) in [5.41, 5.74) is 1.66. The Morgan fingerprint density at radius 2 is 1.92 bits per heavy atom. The lowest BCUT2D eigenvalue weighted by atomic mass is 9.98. The lowest BCUT2D eigenvalue weighted by Crippen LogP contribution is -2.45. The number of anilines is 1. The highest BCUT2D eigenvalue weighted by molar-refractivity contribution is 5.94. The van der Waals surface area contributed by atoms with E-state index in [2.05, 4.69) is 42.6 Å². The first kappa shape index (κ1) is 25.8. The summed E-state index contributed by atoms with van der Waals surface area (Å²) in [5.74, 6) is -0.695. The van der Waals surface area contributed by atoms with Gasteiger partial charge in [0, 0.05) is 69.9 Å². The van der Waals surface area contributed by atoms with Gasteiger partial charge in [-0.3, -0.25) is 24.4 Å². The van der Waals surface area contributed by atoms with E-state index in [-0.39, 0.29) is 17.6 Å². The minimum atomic E-state index is -0.445. The molecule has 2 aliphatic heterocycles. The minimum Gasteiger partial charge on any atom is -0.494 e. The van der Waals surface area contributed by atoms with Crippen LogP contribution >= 0.6 is 0 Å². The van der Waals surface area contributed by atoms with E-state index in [4.69, 9.17) is 4.74 Å². The van der Waals surface area contributed by atoms with Crippen molar-refractivity contribution >= 4 is 24.0 Å². The van der Waals surface area contributed by atoms with E-state index >= 15 is 0 Å². The molecule has 2 aliphatic rings. The van der Waals surface area contributed by atoms with Crippen molar-refractivity contribution in [3.05, 3.63) is 41.5 Å². The zero-order chi connectivity index (χ0) is 25.5. The maximum Gasteiger partial charge on any atom is 0.251 e. The highest BCUT2D eigenvalue weighted by Crippen LogP contribution is 2.25. The number of rotatable bonds is 10. The Morgan fingerprint density at radius 3 is 2.61 bits per heavy atom. The Kier molecular flexibility index (Phi) is 8.65. The molecule has 1 saturated heterocycles. The molecule has 0 unspecified atom stereocenters. The predicted octanol–water partition coefficient (Wildman–Crippen LogP) is 1.74. The van der Waals surface area contributed by atoms with Crippen molar-refractivity contribution in [2.24, 2.45) is 15.9 Å². The number of ether oxygens (including phenoxy) is 1. The van der Waals surface area contributed by atoms with E-state index in [0.717, 1.165) is 45.0 Å². The SMILES string of the molecule is CNC(=O)c1cc(CCC2C=NC(Nc3cnn(CCN4CCN(C)CC4)c3)N=C2)c(F)c(OC)c1. The molecule has 2 aromatic rings. The van der Waals surface area contributed by atoms with Crippen molar-refractivity contribution in [2.45, 2.75) is 25.7 Å². The summed E-state index contributed by atoms with van der Waals surface area (Å²) in [6, 6.07) is 2.98. The molecule has 1 amide bonds. The van der Waals surface area contributed by atoms with E-state index in [1.807, 2.05) is 23.3 Å². The number of aryl methyl sites for hydroxylation is 1. The summed E-state index contributed by atoms with van der Waals surface area (Å²) in [6.45, 7) is 6.22. The number of benzene rings is 1. The van der Waals surface area contributed by atoms with Gasteiger partial charge in [-0.25, -0.2) is 4.39 Å². The molecule has 10 nitrogen and oxygen atoms in total. The number of carbonyl (C=O) groups is 1. The summed E-state index contributed by atoms with van der Waals surface area (Å²) >= 11 is 0. The number of aliphatic imine (C=N–C) groups is 2. The topological polar surface area (TPSA) is 99.4 Å². The van der Waals surface area contributed by atoms with Crippen molar-refractivity contribution < 1.29 is 13.9 Å². The number of nitrogens with zero attached hydrogens (tertiary/aromatic N) is 6. The average Bonchev–Trinajstić information content (AvgIpc) is 3.35. The van der Waals surface area contributed by atoms with Crippen LogP contribution in [0.25, 0.3) is 0 Å². The van der Waals surface area contributed by atoms with Crippen molar-refractivity contribution in [1.29, 1.82) is 0 Å². The number of halogens is 1. The standard InChI is InChI=1S/C25H35FN8O2/c1-27-24(35)20-12-19(23(26)22(13-20)36-3)5-4-18-14-28-25(29-15-18)31-21-16-30-34(17-21)11-10-33-8-6-32(2)7-9-33/h12-18,25,31H,4-11H2,1-3H3,(H,27,35). The summed E-state index contributed by atoms with van der Waals surface area (Å²) < 4.78 is 21.8. The maximum absolute atomic E-state index is 14.7. The molecule has 0 spiro atoms. The fraction of sp³-hybridized carbons (Fsp3) is 0.520. The predicted molar refractivity (Wildman–Crippen MR) is 139 cm³/mol. The van der Waals surface area contributed by atoms with Gasteiger partial charge in [0.1, 0.15) is 0 Å². The van der Waals surface area contributed by atoms with Gasteiger partial charge >= 0.3 is 0 Å². The number of amides is 1. The zero-order valence-corrected chi connectivity index (χ0v) is 21.2. The van der Waals surface area contributed by atoms with Crippen LogP contribution in [0.4, 0.5) is 10.1 Å². The molecular formula is C25H35FN8O2. The molecule has 11 heteroatoms. The molecule has 4 rings (SSSR count). The molecule has 0 radical (unpaired) electrons. The number of nitrogens with one attached hydrogen (secondary N) is 2. The molecule has 3 heterocycles.